The summed E-state index contributed by atoms with van der Waals surface area (Å²) in [4.78, 5) is 10.8. The molecule has 0 amide bonds. The maximum Gasteiger partial charge on any atom is 0.317 e. The molecule has 0 radical (unpaired) electrons. The monoisotopic (exact) mass is 233 g/mol. The van der Waals surface area contributed by atoms with Gasteiger partial charge in [0.25, 0.3) is 0 Å². The summed E-state index contributed by atoms with van der Waals surface area (Å²) in [5, 5.41) is 16.2. The van der Waals surface area contributed by atoms with E-state index in [0.29, 0.717) is 15.9 Å². The molecule has 0 fully saturated rings. The van der Waals surface area contributed by atoms with E-state index in [-0.39, 0.29) is 0 Å². The fourth-order valence-corrected chi connectivity index (χ4v) is 2.81. The normalized spacial score (nSPS) is 12.6. The lowest BCUT2D eigenvalue weighted by Crippen LogP contribution is -2.15. The molecule has 7 heteroatoms. The summed E-state index contributed by atoms with van der Waals surface area (Å²) in [6.07, 6.45) is 1.46. The number of nitrogen functional groups attached to an aromatic ring is 1. The van der Waals surface area contributed by atoms with Crippen LogP contribution in [0.25, 0.3) is 0 Å². The number of nitrogens with two attached hydrogens (primary N) is 1. The third-order valence-electron chi connectivity index (χ3n) is 1.49. The average molecular weight is 233 g/mol. The molecule has 78 valence electrons. The molecule has 0 aliphatic heterocycles. The molecule has 5 nitrogen and oxygen atoms in total. The smallest absolute Gasteiger partial charge is 0.317 e. The molecule has 1 atom stereocenters. The van der Waals surface area contributed by atoms with Crippen LogP contribution in [0.2, 0.25) is 0 Å². The van der Waals surface area contributed by atoms with Crippen LogP contribution >= 0.6 is 23.1 Å². The highest BCUT2D eigenvalue weighted by Crippen LogP contribution is 2.29. The molecule has 1 aromatic heterocycles. The van der Waals surface area contributed by atoms with Crippen LogP contribution < -0.4 is 5.73 Å². The number of nitrogens with zero attached hydrogens (tertiary/aromatic N) is 2. The Morgan fingerprint density at radius 2 is 2.43 bits per heavy atom. The van der Waals surface area contributed by atoms with E-state index < -0.39 is 11.2 Å². The minimum absolute atomic E-state index is 0.369. The summed E-state index contributed by atoms with van der Waals surface area (Å²) < 4.78 is 0.614. The molecular weight excluding hydrogens is 222 g/mol. The second-order valence-corrected chi connectivity index (χ2v) is 5.10. The number of aromatic nitrogens is 2. The molecule has 0 bridgehead atoms. The van der Waals surface area contributed by atoms with Gasteiger partial charge in [-0.1, -0.05) is 36.4 Å². The zero-order chi connectivity index (χ0) is 10.6. The van der Waals surface area contributed by atoms with E-state index in [1.165, 1.54) is 23.1 Å². The number of anilines is 1. The molecule has 1 unspecified atom stereocenters. The van der Waals surface area contributed by atoms with Crippen molar-refractivity contribution in [2.75, 3.05) is 5.73 Å². The number of carbonyl (C=O) groups is 1. The Kier molecular flexibility index (Phi) is 4.15. The molecule has 3 N–H and O–H groups in total. The van der Waals surface area contributed by atoms with E-state index in [2.05, 4.69) is 10.2 Å². The molecule has 1 aromatic rings. The number of rotatable bonds is 5. The van der Waals surface area contributed by atoms with Gasteiger partial charge in [-0.2, -0.15) is 0 Å². The van der Waals surface area contributed by atoms with Crippen molar-refractivity contribution >= 4 is 34.2 Å². The summed E-state index contributed by atoms with van der Waals surface area (Å²) in [6.45, 7) is 1.95. The summed E-state index contributed by atoms with van der Waals surface area (Å²) in [6, 6.07) is 0. The van der Waals surface area contributed by atoms with Gasteiger partial charge in [-0.05, 0) is 6.42 Å². The van der Waals surface area contributed by atoms with Crippen molar-refractivity contribution < 1.29 is 9.90 Å². The Balaban J connectivity index is 2.59. The maximum absolute atomic E-state index is 10.8. The highest BCUT2D eigenvalue weighted by molar-refractivity contribution is 8.02. The van der Waals surface area contributed by atoms with E-state index in [0.717, 1.165) is 6.42 Å². The lowest BCUT2D eigenvalue weighted by atomic mass is 10.2. The SMILES string of the molecule is CCCC(Sc1nnc(N)s1)C(=O)O. The Hall–Kier alpha value is -0.820. The fourth-order valence-electron chi connectivity index (χ4n) is 0.885. The zero-order valence-electron chi connectivity index (χ0n) is 7.64. The summed E-state index contributed by atoms with van der Waals surface area (Å²) in [7, 11) is 0. The van der Waals surface area contributed by atoms with Crippen LogP contribution in [0.4, 0.5) is 5.13 Å². The van der Waals surface area contributed by atoms with Gasteiger partial charge in [0.2, 0.25) is 5.13 Å². The molecule has 0 aromatic carbocycles. The molecule has 0 aliphatic carbocycles. The average Bonchev–Trinajstić information content (AvgIpc) is 2.50. The van der Waals surface area contributed by atoms with Crippen LogP contribution in [-0.4, -0.2) is 26.5 Å². The highest BCUT2D eigenvalue weighted by Gasteiger charge is 2.19. The van der Waals surface area contributed by atoms with Crippen LogP contribution in [0.5, 0.6) is 0 Å². The standard InChI is InChI=1S/C7H11N3O2S2/c1-2-3-4(5(11)12)13-7-10-9-6(8)14-7/h4H,2-3H2,1H3,(H2,8,9)(H,11,12). The van der Waals surface area contributed by atoms with Crippen LogP contribution in [-0.2, 0) is 4.79 Å². The number of carboxylic acids is 1. The van der Waals surface area contributed by atoms with Crippen molar-refractivity contribution in [2.45, 2.75) is 29.4 Å². The van der Waals surface area contributed by atoms with Crippen molar-refractivity contribution in [3.63, 3.8) is 0 Å². The second kappa shape index (κ2) is 5.16. The van der Waals surface area contributed by atoms with Crippen LogP contribution in [0.1, 0.15) is 19.8 Å². The number of carboxylic acid groups (broad SMARTS) is 1. The lowest BCUT2D eigenvalue weighted by Gasteiger charge is -2.06. The van der Waals surface area contributed by atoms with Gasteiger partial charge in [0, 0.05) is 0 Å². The first-order chi connectivity index (χ1) is 6.63. The topological polar surface area (TPSA) is 89.1 Å². The van der Waals surface area contributed by atoms with Crippen molar-refractivity contribution in [1.29, 1.82) is 0 Å². The van der Waals surface area contributed by atoms with E-state index in [1.807, 2.05) is 6.92 Å². The maximum atomic E-state index is 10.8. The number of hydrogen-bond acceptors (Lipinski definition) is 6. The van der Waals surface area contributed by atoms with Crippen LogP contribution in [0.15, 0.2) is 4.34 Å². The Morgan fingerprint density at radius 3 is 2.86 bits per heavy atom. The van der Waals surface area contributed by atoms with E-state index >= 15 is 0 Å². The third-order valence-corrected chi connectivity index (χ3v) is 3.58. The summed E-state index contributed by atoms with van der Waals surface area (Å²) in [5.41, 5.74) is 5.39. The minimum Gasteiger partial charge on any atom is -0.480 e. The zero-order valence-corrected chi connectivity index (χ0v) is 9.27. The van der Waals surface area contributed by atoms with Gasteiger partial charge in [-0.15, -0.1) is 10.2 Å². The molecule has 1 rings (SSSR count). The van der Waals surface area contributed by atoms with Gasteiger partial charge >= 0.3 is 5.97 Å². The Labute approximate surface area is 89.7 Å². The Morgan fingerprint density at radius 1 is 1.71 bits per heavy atom. The predicted molar refractivity (Wildman–Crippen MR) is 56.5 cm³/mol. The molecular formula is C7H11N3O2S2. The van der Waals surface area contributed by atoms with Crippen LogP contribution in [0, 0.1) is 0 Å². The molecule has 1 heterocycles. The minimum atomic E-state index is -0.814. The third kappa shape index (κ3) is 3.15. The summed E-state index contributed by atoms with van der Waals surface area (Å²) >= 11 is 2.42. The van der Waals surface area contributed by atoms with E-state index in [9.17, 15) is 4.79 Å². The molecule has 0 spiro atoms. The molecule has 0 saturated heterocycles. The highest BCUT2D eigenvalue weighted by atomic mass is 32.2. The number of aliphatic carboxylic acids is 1. The van der Waals surface area contributed by atoms with Crippen molar-refractivity contribution in [3.8, 4) is 0 Å². The van der Waals surface area contributed by atoms with Gasteiger partial charge in [0.1, 0.15) is 5.25 Å². The number of hydrogen-bond donors (Lipinski definition) is 2. The van der Waals surface area contributed by atoms with Gasteiger partial charge in [0.05, 0.1) is 0 Å². The van der Waals surface area contributed by atoms with Gasteiger partial charge < -0.3 is 10.8 Å². The van der Waals surface area contributed by atoms with E-state index in [4.69, 9.17) is 10.8 Å². The van der Waals surface area contributed by atoms with Gasteiger partial charge in [0.15, 0.2) is 4.34 Å². The van der Waals surface area contributed by atoms with Crippen LogP contribution in [0.3, 0.4) is 0 Å². The second-order valence-electron chi connectivity index (χ2n) is 2.64. The Bertz CT molecular complexity index is 316. The first-order valence-corrected chi connectivity index (χ1v) is 5.81. The van der Waals surface area contributed by atoms with Crippen molar-refractivity contribution in [2.24, 2.45) is 0 Å². The largest absolute Gasteiger partial charge is 0.480 e. The van der Waals surface area contributed by atoms with Gasteiger partial charge in [-0.3, -0.25) is 4.79 Å². The quantitative estimate of drug-likeness (QED) is 0.748. The molecule has 14 heavy (non-hydrogen) atoms. The predicted octanol–water partition coefficient (Wildman–Crippen LogP) is 1.47. The van der Waals surface area contributed by atoms with Crippen molar-refractivity contribution in [3.05, 3.63) is 0 Å². The fraction of sp³-hybridized carbons (Fsp3) is 0.571. The van der Waals surface area contributed by atoms with Gasteiger partial charge in [-0.25, -0.2) is 0 Å². The summed E-state index contributed by atoms with van der Waals surface area (Å²) in [5.74, 6) is -0.814. The first-order valence-electron chi connectivity index (χ1n) is 4.12. The molecule has 0 saturated carbocycles. The van der Waals surface area contributed by atoms with Crippen molar-refractivity contribution in [1.82, 2.24) is 10.2 Å². The first kappa shape index (κ1) is 11.3. The number of thioether (sulfide) groups is 1. The van der Waals surface area contributed by atoms with E-state index in [1.54, 1.807) is 0 Å². The lowest BCUT2D eigenvalue weighted by molar-refractivity contribution is -0.136. The molecule has 0 aliphatic rings.